The molecule has 0 fully saturated rings. The Labute approximate surface area is 127 Å². The third-order valence-electron chi connectivity index (χ3n) is 3.18. The molecule has 3 N–H and O–H groups in total. The summed E-state index contributed by atoms with van der Waals surface area (Å²) in [6, 6.07) is 9.05. The van der Waals surface area contributed by atoms with Gasteiger partial charge in [0.15, 0.2) is 11.5 Å². The summed E-state index contributed by atoms with van der Waals surface area (Å²) in [5.74, 6) is 6.32. The molecule has 0 aliphatic carbocycles. The first-order valence-corrected chi connectivity index (χ1v) is 6.61. The summed E-state index contributed by atoms with van der Waals surface area (Å²) in [5, 5.41) is 0.437. The molecule has 1 unspecified atom stereocenters. The third kappa shape index (κ3) is 3.26. The SMILES string of the molecule is COc1ccc(C(NN)c2cc(Cl)ccc2F)cc1OC. The molecule has 0 heterocycles. The van der Waals surface area contributed by atoms with Gasteiger partial charge in [-0.15, -0.1) is 0 Å². The van der Waals surface area contributed by atoms with Crippen LogP contribution < -0.4 is 20.7 Å². The first-order valence-electron chi connectivity index (χ1n) is 6.23. The normalized spacial score (nSPS) is 12.0. The van der Waals surface area contributed by atoms with Crippen LogP contribution in [-0.4, -0.2) is 14.2 Å². The number of methoxy groups -OCH3 is 2. The van der Waals surface area contributed by atoms with E-state index in [-0.39, 0.29) is 0 Å². The quantitative estimate of drug-likeness (QED) is 0.658. The van der Waals surface area contributed by atoms with E-state index in [0.29, 0.717) is 22.1 Å². The van der Waals surface area contributed by atoms with E-state index < -0.39 is 11.9 Å². The van der Waals surface area contributed by atoms with Gasteiger partial charge in [-0.05, 0) is 35.9 Å². The van der Waals surface area contributed by atoms with Gasteiger partial charge in [-0.2, -0.15) is 0 Å². The van der Waals surface area contributed by atoms with Crippen molar-refractivity contribution in [3.8, 4) is 11.5 Å². The minimum Gasteiger partial charge on any atom is -0.493 e. The highest BCUT2D eigenvalue weighted by molar-refractivity contribution is 6.30. The number of rotatable bonds is 5. The first-order chi connectivity index (χ1) is 10.1. The molecule has 6 heteroatoms. The highest BCUT2D eigenvalue weighted by atomic mass is 35.5. The predicted octanol–water partition coefficient (Wildman–Crippen LogP) is 3.05. The molecule has 0 bridgehead atoms. The molecule has 112 valence electrons. The van der Waals surface area contributed by atoms with Gasteiger partial charge in [0.05, 0.1) is 20.3 Å². The number of hydrogen-bond acceptors (Lipinski definition) is 4. The van der Waals surface area contributed by atoms with E-state index >= 15 is 0 Å². The van der Waals surface area contributed by atoms with Crippen molar-refractivity contribution >= 4 is 11.6 Å². The highest BCUT2D eigenvalue weighted by Crippen LogP contribution is 2.33. The van der Waals surface area contributed by atoms with E-state index in [9.17, 15) is 4.39 Å². The van der Waals surface area contributed by atoms with Crippen LogP contribution >= 0.6 is 11.6 Å². The second-order valence-electron chi connectivity index (χ2n) is 4.38. The van der Waals surface area contributed by atoms with E-state index in [0.717, 1.165) is 5.56 Å². The summed E-state index contributed by atoms with van der Waals surface area (Å²) in [7, 11) is 3.08. The number of benzene rings is 2. The zero-order valence-electron chi connectivity index (χ0n) is 11.7. The van der Waals surface area contributed by atoms with Crippen molar-refractivity contribution in [2.75, 3.05) is 14.2 Å². The minimum absolute atomic E-state index is 0.359. The van der Waals surface area contributed by atoms with Gasteiger partial charge >= 0.3 is 0 Å². The Hall–Kier alpha value is -1.82. The van der Waals surface area contributed by atoms with E-state index in [4.69, 9.17) is 26.9 Å². The summed E-state index contributed by atoms with van der Waals surface area (Å²) < 4.78 is 24.4. The molecule has 0 aliphatic heterocycles. The Morgan fingerprint density at radius 2 is 1.81 bits per heavy atom. The lowest BCUT2D eigenvalue weighted by molar-refractivity contribution is 0.354. The maximum atomic E-state index is 14.0. The lowest BCUT2D eigenvalue weighted by Gasteiger charge is -2.19. The third-order valence-corrected chi connectivity index (χ3v) is 3.41. The van der Waals surface area contributed by atoms with Crippen molar-refractivity contribution in [3.05, 3.63) is 58.4 Å². The molecular formula is C15H16ClFN2O2. The monoisotopic (exact) mass is 310 g/mol. The van der Waals surface area contributed by atoms with Gasteiger partial charge < -0.3 is 9.47 Å². The number of halogens is 2. The molecule has 0 aliphatic rings. The van der Waals surface area contributed by atoms with Crippen molar-refractivity contribution in [3.63, 3.8) is 0 Å². The maximum absolute atomic E-state index is 14.0. The van der Waals surface area contributed by atoms with Crippen molar-refractivity contribution in [2.24, 2.45) is 5.84 Å². The van der Waals surface area contributed by atoms with Crippen LogP contribution in [0.25, 0.3) is 0 Å². The van der Waals surface area contributed by atoms with Crippen LogP contribution in [0.2, 0.25) is 5.02 Å². The van der Waals surface area contributed by atoms with Crippen LogP contribution in [0.4, 0.5) is 4.39 Å². The Morgan fingerprint density at radius 3 is 2.43 bits per heavy atom. The number of ether oxygens (including phenoxy) is 2. The zero-order valence-corrected chi connectivity index (χ0v) is 12.4. The lowest BCUT2D eigenvalue weighted by atomic mass is 9.98. The Balaban J connectivity index is 2.48. The van der Waals surface area contributed by atoms with Gasteiger partial charge in [0, 0.05) is 10.6 Å². The molecule has 21 heavy (non-hydrogen) atoms. The topological polar surface area (TPSA) is 56.5 Å². The molecule has 0 radical (unpaired) electrons. The van der Waals surface area contributed by atoms with Crippen LogP contribution in [0.15, 0.2) is 36.4 Å². The Kier molecular flexibility index (Phi) is 5.01. The van der Waals surface area contributed by atoms with E-state index in [1.807, 2.05) is 0 Å². The van der Waals surface area contributed by atoms with Gasteiger partial charge in [0.1, 0.15) is 5.82 Å². The highest BCUT2D eigenvalue weighted by Gasteiger charge is 2.19. The van der Waals surface area contributed by atoms with Crippen molar-refractivity contribution in [1.29, 1.82) is 0 Å². The molecule has 0 saturated carbocycles. The zero-order chi connectivity index (χ0) is 15.4. The van der Waals surface area contributed by atoms with E-state index in [1.165, 1.54) is 25.3 Å². The Bertz CT molecular complexity index is 637. The first kappa shape index (κ1) is 15.6. The Morgan fingerprint density at radius 1 is 1.10 bits per heavy atom. The van der Waals surface area contributed by atoms with Crippen LogP contribution in [0.5, 0.6) is 11.5 Å². The van der Waals surface area contributed by atoms with Crippen LogP contribution in [0, 0.1) is 5.82 Å². The average molecular weight is 311 g/mol. The summed E-state index contributed by atoms with van der Waals surface area (Å²) in [4.78, 5) is 0. The molecule has 0 amide bonds. The largest absolute Gasteiger partial charge is 0.493 e. The van der Waals surface area contributed by atoms with Crippen molar-refractivity contribution in [1.82, 2.24) is 5.43 Å². The fourth-order valence-corrected chi connectivity index (χ4v) is 2.31. The summed E-state index contributed by atoms with van der Waals surface area (Å²) >= 11 is 5.93. The number of nitrogens with one attached hydrogen (secondary N) is 1. The summed E-state index contributed by atoms with van der Waals surface area (Å²) in [6.07, 6.45) is 0. The lowest BCUT2D eigenvalue weighted by Crippen LogP contribution is -2.29. The van der Waals surface area contributed by atoms with E-state index in [1.54, 1.807) is 25.3 Å². The van der Waals surface area contributed by atoms with Crippen molar-refractivity contribution < 1.29 is 13.9 Å². The summed E-state index contributed by atoms with van der Waals surface area (Å²) in [5.41, 5.74) is 3.69. The molecular weight excluding hydrogens is 295 g/mol. The molecule has 0 aromatic heterocycles. The smallest absolute Gasteiger partial charge is 0.161 e. The van der Waals surface area contributed by atoms with Crippen LogP contribution in [-0.2, 0) is 0 Å². The van der Waals surface area contributed by atoms with Gasteiger partial charge in [-0.1, -0.05) is 17.7 Å². The van der Waals surface area contributed by atoms with Crippen LogP contribution in [0.1, 0.15) is 17.2 Å². The number of hydrazine groups is 1. The molecule has 2 aromatic carbocycles. The predicted molar refractivity (Wildman–Crippen MR) is 80.1 cm³/mol. The molecule has 1 atom stereocenters. The fourth-order valence-electron chi connectivity index (χ4n) is 2.13. The average Bonchev–Trinajstić information content (AvgIpc) is 2.51. The molecule has 4 nitrogen and oxygen atoms in total. The maximum Gasteiger partial charge on any atom is 0.161 e. The number of hydrogen-bond donors (Lipinski definition) is 2. The minimum atomic E-state index is -0.552. The van der Waals surface area contributed by atoms with Gasteiger partial charge in [0.25, 0.3) is 0 Å². The van der Waals surface area contributed by atoms with Gasteiger partial charge in [0.2, 0.25) is 0 Å². The van der Waals surface area contributed by atoms with Crippen molar-refractivity contribution in [2.45, 2.75) is 6.04 Å². The van der Waals surface area contributed by atoms with E-state index in [2.05, 4.69) is 5.43 Å². The van der Waals surface area contributed by atoms with Gasteiger partial charge in [-0.3, -0.25) is 5.84 Å². The molecule has 2 rings (SSSR count). The molecule has 2 aromatic rings. The second kappa shape index (κ2) is 6.76. The summed E-state index contributed by atoms with van der Waals surface area (Å²) in [6.45, 7) is 0. The second-order valence-corrected chi connectivity index (χ2v) is 4.82. The standard InChI is InChI=1S/C15H16ClFN2O2/c1-20-13-6-3-9(7-14(13)21-2)15(19-18)11-8-10(16)4-5-12(11)17/h3-8,15,19H,18H2,1-2H3. The molecule has 0 spiro atoms. The molecule has 0 saturated heterocycles. The van der Waals surface area contributed by atoms with Crippen LogP contribution in [0.3, 0.4) is 0 Å². The fraction of sp³-hybridized carbons (Fsp3) is 0.200. The number of nitrogens with two attached hydrogens (primary N) is 1. The van der Waals surface area contributed by atoms with Gasteiger partial charge in [-0.25, -0.2) is 9.82 Å².